The van der Waals surface area contributed by atoms with E-state index in [9.17, 15) is 4.79 Å². The first-order valence-electron chi connectivity index (χ1n) is 12.0. The number of hydrogen-bond acceptors (Lipinski definition) is 3. The van der Waals surface area contributed by atoms with E-state index >= 15 is 0 Å². The van der Waals surface area contributed by atoms with Gasteiger partial charge in [0.05, 0.1) is 11.5 Å². The highest BCUT2D eigenvalue weighted by Crippen LogP contribution is 2.41. The van der Waals surface area contributed by atoms with Crippen molar-refractivity contribution in [3.63, 3.8) is 0 Å². The summed E-state index contributed by atoms with van der Waals surface area (Å²) in [5.41, 5.74) is 9.00. The Bertz CT molecular complexity index is 1090. The summed E-state index contributed by atoms with van der Waals surface area (Å²) in [7, 11) is 0. The van der Waals surface area contributed by atoms with E-state index in [0.29, 0.717) is 6.42 Å². The highest BCUT2D eigenvalue weighted by molar-refractivity contribution is 5.81. The minimum Gasteiger partial charge on any atom is -0.490 e. The van der Waals surface area contributed by atoms with Crippen molar-refractivity contribution in [3.8, 4) is 11.5 Å². The molecule has 0 radical (unpaired) electrons. The fourth-order valence-corrected chi connectivity index (χ4v) is 5.29. The first kappa shape index (κ1) is 21.6. The Hall–Kier alpha value is -3.27. The summed E-state index contributed by atoms with van der Waals surface area (Å²) in [4.78, 5) is 12.4. The molecule has 5 rings (SSSR count). The highest BCUT2D eigenvalue weighted by Gasteiger charge is 2.41. The van der Waals surface area contributed by atoms with E-state index in [1.165, 1.54) is 16.7 Å². The topological polar surface area (TPSA) is 61.6 Å². The average Bonchev–Trinajstić information content (AvgIpc) is 2.86. The molecule has 0 aromatic heterocycles. The van der Waals surface area contributed by atoms with Gasteiger partial charge in [-0.1, -0.05) is 60.7 Å². The monoisotopic (exact) mass is 441 g/mol. The number of nitrogens with two attached hydrogens (primary N) is 1. The Morgan fingerprint density at radius 1 is 0.939 bits per heavy atom. The van der Waals surface area contributed by atoms with Crippen LogP contribution in [0.15, 0.2) is 78.9 Å². The van der Waals surface area contributed by atoms with Crippen LogP contribution >= 0.6 is 0 Å². The number of rotatable bonds is 6. The first-order chi connectivity index (χ1) is 16.1. The van der Waals surface area contributed by atoms with Gasteiger partial charge < -0.3 is 15.2 Å². The summed E-state index contributed by atoms with van der Waals surface area (Å²) in [5, 5.41) is 0. The molecule has 4 nitrogen and oxygen atoms in total. The van der Waals surface area contributed by atoms with Gasteiger partial charge in [-0.25, -0.2) is 0 Å². The second kappa shape index (κ2) is 9.30. The molecule has 2 N–H and O–H groups in total. The molecule has 1 fully saturated rings. The lowest BCUT2D eigenvalue weighted by Crippen LogP contribution is -2.43. The molecular weight excluding hydrogens is 410 g/mol. The van der Waals surface area contributed by atoms with E-state index in [0.717, 1.165) is 50.0 Å². The van der Waals surface area contributed by atoms with Crippen LogP contribution in [0.1, 0.15) is 54.9 Å². The molecule has 0 saturated heterocycles. The van der Waals surface area contributed by atoms with Gasteiger partial charge in [-0.05, 0) is 79.8 Å². The normalized spacial score (nSPS) is 24.4. The number of amides is 1. The van der Waals surface area contributed by atoms with Gasteiger partial charge in [-0.15, -0.1) is 0 Å². The van der Waals surface area contributed by atoms with Crippen molar-refractivity contribution in [2.24, 2.45) is 11.1 Å². The fraction of sp³-hybridized carbons (Fsp3) is 0.345. The predicted octanol–water partition coefficient (Wildman–Crippen LogP) is 5.79. The maximum absolute atomic E-state index is 12.4. The van der Waals surface area contributed by atoms with E-state index in [2.05, 4.69) is 42.5 Å². The molecule has 1 amide bonds. The summed E-state index contributed by atoms with van der Waals surface area (Å²) in [6.45, 7) is 0. The lowest BCUT2D eigenvalue weighted by atomic mass is 9.69. The van der Waals surface area contributed by atoms with Crippen molar-refractivity contribution in [1.82, 2.24) is 0 Å². The van der Waals surface area contributed by atoms with Crippen molar-refractivity contribution in [3.05, 3.63) is 95.6 Å². The summed E-state index contributed by atoms with van der Waals surface area (Å²) in [6, 6.07) is 26.7. The maximum Gasteiger partial charge on any atom is 0.223 e. The highest BCUT2D eigenvalue weighted by atomic mass is 16.5. The Morgan fingerprint density at radius 3 is 2.33 bits per heavy atom. The largest absolute Gasteiger partial charge is 0.490 e. The third kappa shape index (κ3) is 4.75. The second-order valence-electron chi connectivity index (χ2n) is 9.45. The summed E-state index contributed by atoms with van der Waals surface area (Å²) in [6.07, 6.45) is 6.03. The van der Waals surface area contributed by atoms with Gasteiger partial charge in [0.2, 0.25) is 5.91 Å². The SMILES string of the molecule is NC(=O)C1(Cc2ccccc2)CCC(Oc2ccc3c(c2)CCC(c2ccccc2)O3)CC1. The lowest BCUT2D eigenvalue weighted by molar-refractivity contribution is -0.130. The van der Waals surface area contributed by atoms with Gasteiger partial charge in [-0.2, -0.15) is 0 Å². The smallest absolute Gasteiger partial charge is 0.223 e. The van der Waals surface area contributed by atoms with Gasteiger partial charge in [-0.3, -0.25) is 4.79 Å². The van der Waals surface area contributed by atoms with E-state index in [-0.39, 0.29) is 18.1 Å². The Morgan fingerprint density at radius 2 is 1.64 bits per heavy atom. The molecule has 3 aromatic carbocycles. The van der Waals surface area contributed by atoms with Crippen molar-refractivity contribution < 1.29 is 14.3 Å². The van der Waals surface area contributed by atoms with Gasteiger partial charge in [0, 0.05) is 0 Å². The third-order valence-corrected chi connectivity index (χ3v) is 7.25. The van der Waals surface area contributed by atoms with Crippen molar-refractivity contribution in [2.45, 2.75) is 57.2 Å². The molecule has 1 atom stereocenters. The van der Waals surface area contributed by atoms with Crippen LogP contribution in [0.3, 0.4) is 0 Å². The van der Waals surface area contributed by atoms with Crippen LogP contribution in [0.25, 0.3) is 0 Å². The van der Waals surface area contributed by atoms with Crippen LogP contribution in [0.2, 0.25) is 0 Å². The molecule has 170 valence electrons. The number of fused-ring (bicyclic) bond motifs is 1. The Balaban J connectivity index is 1.21. The Labute approximate surface area is 195 Å². The number of ether oxygens (including phenoxy) is 2. The minimum atomic E-state index is -0.475. The number of primary amides is 1. The molecule has 1 aliphatic heterocycles. The van der Waals surface area contributed by atoms with Gasteiger partial charge >= 0.3 is 0 Å². The third-order valence-electron chi connectivity index (χ3n) is 7.25. The van der Waals surface area contributed by atoms with E-state index in [4.69, 9.17) is 15.2 Å². The van der Waals surface area contributed by atoms with Gasteiger partial charge in [0.15, 0.2) is 0 Å². The maximum atomic E-state index is 12.4. The average molecular weight is 442 g/mol. The van der Waals surface area contributed by atoms with Crippen molar-refractivity contribution in [1.29, 1.82) is 0 Å². The fourth-order valence-electron chi connectivity index (χ4n) is 5.29. The molecule has 1 unspecified atom stereocenters. The standard InChI is InChI=1S/C29H31NO3/c30-28(31)29(20-21-7-3-1-4-8-21)17-15-24(16-18-29)32-25-12-14-27-23(19-25)11-13-26(33-27)22-9-5-2-6-10-22/h1-10,12,14,19,24,26H,11,13,15-18,20H2,(H2,30,31). The second-order valence-corrected chi connectivity index (χ2v) is 9.45. The van der Waals surface area contributed by atoms with Crippen LogP contribution in [0, 0.1) is 5.41 Å². The first-order valence-corrected chi connectivity index (χ1v) is 12.0. The van der Waals surface area contributed by atoms with E-state index < -0.39 is 5.41 Å². The molecule has 1 aliphatic carbocycles. The quantitative estimate of drug-likeness (QED) is 0.527. The van der Waals surface area contributed by atoms with Crippen LogP contribution in [-0.4, -0.2) is 12.0 Å². The molecule has 33 heavy (non-hydrogen) atoms. The number of hydrogen-bond donors (Lipinski definition) is 1. The van der Waals surface area contributed by atoms with Gasteiger partial charge in [0.1, 0.15) is 17.6 Å². The van der Waals surface area contributed by atoms with Crippen molar-refractivity contribution >= 4 is 5.91 Å². The summed E-state index contributed by atoms with van der Waals surface area (Å²) < 4.78 is 12.6. The van der Waals surface area contributed by atoms with Crippen LogP contribution in [-0.2, 0) is 17.6 Å². The molecule has 0 bridgehead atoms. The molecule has 2 aliphatic rings. The van der Waals surface area contributed by atoms with E-state index in [1.54, 1.807) is 0 Å². The molecule has 1 heterocycles. The summed E-state index contributed by atoms with van der Waals surface area (Å²) >= 11 is 0. The van der Waals surface area contributed by atoms with E-state index in [1.807, 2.05) is 36.4 Å². The van der Waals surface area contributed by atoms with Crippen LogP contribution in [0.4, 0.5) is 0 Å². The zero-order valence-electron chi connectivity index (χ0n) is 18.9. The summed E-state index contributed by atoms with van der Waals surface area (Å²) in [5.74, 6) is 1.64. The minimum absolute atomic E-state index is 0.105. The predicted molar refractivity (Wildman–Crippen MR) is 129 cm³/mol. The number of aryl methyl sites for hydroxylation is 1. The molecule has 3 aromatic rings. The molecule has 4 heteroatoms. The Kier molecular flexibility index (Phi) is 6.08. The van der Waals surface area contributed by atoms with Crippen LogP contribution in [0.5, 0.6) is 11.5 Å². The zero-order chi connectivity index (χ0) is 22.7. The van der Waals surface area contributed by atoms with Crippen LogP contribution < -0.4 is 15.2 Å². The lowest BCUT2D eigenvalue weighted by Gasteiger charge is -2.38. The number of carbonyl (C=O) groups excluding carboxylic acids is 1. The number of carbonyl (C=O) groups is 1. The van der Waals surface area contributed by atoms with Gasteiger partial charge in [0.25, 0.3) is 0 Å². The number of benzene rings is 3. The molecular formula is C29H31NO3. The zero-order valence-corrected chi connectivity index (χ0v) is 18.9. The molecule has 0 spiro atoms. The van der Waals surface area contributed by atoms with Crippen molar-refractivity contribution in [2.75, 3.05) is 0 Å². The molecule has 1 saturated carbocycles.